The monoisotopic (exact) mass is 177 g/mol. The van der Waals surface area contributed by atoms with Crippen LogP contribution in [-0.4, -0.2) is 5.16 Å². The van der Waals surface area contributed by atoms with Crippen molar-refractivity contribution in [2.24, 2.45) is 0 Å². The number of halogens is 2. The number of rotatable bonds is 0. The normalized spacial score (nSPS) is 12.1. The first-order chi connectivity index (χ1) is 4.93. The van der Waals surface area contributed by atoms with Gasteiger partial charge in [0.25, 0.3) is 5.22 Å². The largest absolute Gasteiger partial charge is 0.341 e. The number of aromatic nitrogens is 1. The van der Waals surface area contributed by atoms with Crippen LogP contribution in [0.3, 0.4) is 0 Å². The molecule has 0 bridgehead atoms. The molecule has 4 heteroatoms. The third-order valence-electron chi connectivity index (χ3n) is 1.31. The SMILES string of the molecule is CC(C)(C)c1noc(Cl)c1F. The van der Waals surface area contributed by atoms with Crippen LogP contribution in [0, 0.1) is 5.82 Å². The summed E-state index contributed by atoms with van der Waals surface area (Å²) in [6, 6.07) is 0. The van der Waals surface area contributed by atoms with Gasteiger partial charge in [-0.25, -0.2) is 0 Å². The molecule has 0 saturated carbocycles. The van der Waals surface area contributed by atoms with Crippen molar-refractivity contribution in [3.8, 4) is 0 Å². The van der Waals surface area contributed by atoms with Gasteiger partial charge in [0, 0.05) is 5.41 Å². The zero-order valence-corrected chi connectivity index (χ0v) is 7.37. The van der Waals surface area contributed by atoms with E-state index < -0.39 is 5.82 Å². The third kappa shape index (κ3) is 1.53. The number of hydrogen-bond acceptors (Lipinski definition) is 2. The minimum atomic E-state index is -0.556. The van der Waals surface area contributed by atoms with E-state index in [4.69, 9.17) is 11.6 Å². The maximum atomic E-state index is 13.0. The summed E-state index contributed by atoms with van der Waals surface area (Å²) < 4.78 is 17.4. The molecule has 0 aromatic carbocycles. The molecule has 1 rings (SSSR count). The standard InChI is InChI=1S/C7H9ClFNO/c1-7(2,3)5-4(9)6(8)11-10-5/h1-3H3. The summed E-state index contributed by atoms with van der Waals surface area (Å²) in [6.45, 7) is 5.51. The molecule has 11 heavy (non-hydrogen) atoms. The Morgan fingerprint density at radius 1 is 1.45 bits per heavy atom. The Kier molecular flexibility index (Phi) is 1.92. The Hall–Kier alpha value is -0.570. The topological polar surface area (TPSA) is 26.0 Å². The minimum Gasteiger partial charge on any atom is -0.341 e. The second-order valence-electron chi connectivity index (χ2n) is 3.37. The van der Waals surface area contributed by atoms with Gasteiger partial charge in [-0.05, 0) is 11.6 Å². The van der Waals surface area contributed by atoms with Gasteiger partial charge in [0.1, 0.15) is 5.69 Å². The first-order valence-electron chi connectivity index (χ1n) is 3.24. The van der Waals surface area contributed by atoms with E-state index in [2.05, 4.69) is 9.68 Å². The summed E-state index contributed by atoms with van der Waals surface area (Å²) in [7, 11) is 0. The summed E-state index contributed by atoms with van der Waals surface area (Å²) in [5.74, 6) is -0.556. The average Bonchev–Trinajstić information content (AvgIpc) is 2.11. The van der Waals surface area contributed by atoms with Gasteiger partial charge in [0.05, 0.1) is 0 Å². The second kappa shape index (κ2) is 2.48. The van der Waals surface area contributed by atoms with Crippen molar-refractivity contribution in [1.29, 1.82) is 0 Å². The molecule has 1 aromatic heterocycles. The van der Waals surface area contributed by atoms with E-state index in [1.165, 1.54) is 0 Å². The van der Waals surface area contributed by atoms with Crippen molar-refractivity contribution < 1.29 is 8.91 Å². The van der Waals surface area contributed by atoms with Crippen LogP contribution < -0.4 is 0 Å². The van der Waals surface area contributed by atoms with Gasteiger partial charge in [0.15, 0.2) is 0 Å². The van der Waals surface area contributed by atoms with Gasteiger partial charge in [-0.3, -0.25) is 0 Å². The molecule has 0 atom stereocenters. The highest BCUT2D eigenvalue weighted by atomic mass is 35.5. The summed E-state index contributed by atoms with van der Waals surface area (Å²) in [4.78, 5) is 0. The van der Waals surface area contributed by atoms with Crippen molar-refractivity contribution in [1.82, 2.24) is 5.16 Å². The van der Waals surface area contributed by atoms with E-state index in [-0.39, 0.29) is 16.3 Å². The molecule has 0 unspecified atom stereocenters. The van der Waals surface area contributed by atoms with E-state index in [1.54, 1.807) is 0 Å². The molecule has 0 aliphatic heterocycles. The minimum absolute atomic E-state index is 0.266. The molecule has 0 N–H and O–H groups in total. The Balaban J connectivity index is 3.15. The summed E-state index contributed by atoms with van der Waals surface area (Å²) >= 11 is 5.33. The molecular weight excluding hydrogens is 169 g/mol. The van der Waals surface area contributed by atoms with Gasteiger partial charge < -0.3 is 4.52 Å². The second-order valence-corrected chi connectivity index (χ2v) is 3.71. The van der Waals surface area contributed by atoms with Crippen molar-refractivity contribution >= 4 is 11.6 Å². The Bertz CT molecular complexity index is 264. The maximum Gasteiger partial charge on any atom is 0.262 e. The van der Waals surface area contributed by atoms with Crippen LogP contribution in [0.25, 0.3) is 0 Å². The predicted octanol–water partition coefficient (Wildman–Crippen LogP) is 2.76. The summed E-state index contributed by atoms with van der Waals surface area (Å²) in [5.41, 5.74) is -0.0942. The molecule has 0 aliphatic carbocycles. The van der Waals surface area contributed by atoms with E-state index in [9.17, 15) is 4.39 Å². The van der Waals surface area contributed by atoms with Gasteiger partial charge in [-0.1, -0.05) is 25.9 Å². The molecule has 0 aliphatic rings. The first-order valence-corrected chi connectivity index (χ1v) is 3.62. The number of nitrogens with zero attached hydrogens (tertiary/aromatic N) is 1. The highest BCUT2D eigenvalue weighted by Crippen LogP contribution is 2.27. The molecule has 0 amide bonds. The van der Waals surface area contributed by atoms with E-state index >= 15 is 0 Å². The lowest BCUT2D eigenvalue weighted by Gasteiger charge is -2.12. The Labute approximate surface area is 69.3 Å². The fourth-order valence-corrected chi connectivity index (χ4v) is 0.849. The maximum absolute atomic E-state index is 13.0. The summed E-state index contributed by atoms with van der Waals surface area (Å²) in [5, 5.41) is 3.24. The van der Waals surface area contributed by atoms with Gasteiger partial charge in [-0.15, -0.1) is 0 Å². The zero-order valence-electron chi connectivity index (χ0n) is 6.61. The Morgan fingerprint density at radius 2 is 2.00 bits per heavy atom. The highest BCUT2D eigenvalue weighted by molar-refractivity contribution is 6.28. The zero-order chi connectivity index (χ0) is 8.65. The highest BCUT2D eigenvalue weighted by Gasteiger charge is 2.25. The number of hydrogen-bond donors (Lipinski definition) is 0. The molecule has 0 saturated heterocycles. The quantitative estimate of drug-likeness (QED) is 0.609. The van der Waals surface area contributed by atoms with Crippen LogP contribution >= 0.6 is 11.6 Å². The smallest absolute Gasteiger partial charge is 0.262 e. The van der Waals surface area contributed by atoms with Crippen molar-refractivity contribution in [3.05, 3.63) is 16.7 Å². The van der Waals surface area contributed by atoms with Crippen LogP contribution in [0.5, 0.6) is 0 Å². The lowest BCUT2D eigenvalue weighted by atomic mass is 9.92. The fraction of sp³-hybridized carbons (Fsp3) is 0.571. The molecule has 0 radical (unpaired) electrons. The van der Waals surface area contributed by atoms with Crippen molar-refractivity contribution in [3.63, 3.8) is 0 Å². The van der Waals surface area contributed by atoms with E-state index in [0.717, 1.165) is 0 Å². The van der Waals surface area contributed by atoms with Crippen molar-refractivity contribution in [2.45, 2.75) is 26.2 Å². The third-order valence-corrected chi connectivity index (χ3v) is 1.54. The molecule has 2 nitrogen and oxygen atoms in total. The molecule has 62 valence electrons. The first kappa shape index (κ1) is 8.53. The van der Waals surface area contributed by atoms with Crippen LogP contribution in [-0.2, 0) is 5.41 Å². The molecule has 0 fully saturated rings. The summed E-state index contributed by atoms with van der Waals surface area (Å²) in [6.07, 6.45) is 0. The lowest BCUT2D eigenvalue weighted by molar-refractivity contribution is 0.394. The van der Waals surface area contributed by atoms with Crippen LogP contribution in [0.15, 0.2) is 4.52 Å². The van der Waals surface area contributed by atoms with E-state index in [0.29, 0.717) is 0 Å². The van der Waals surface area contributed by atoms with Crippen molar-refractivity contribution in [2.75, 3.05) is 0 Å². The van der Waals surface area contributed by atoms with Gasteiger partial charge >= 0.3 is 0 Å². The molecule has 1 aromatic rings. The molecular formula is C7H9ClFNO. The van der Waals surface area contributed by atoms with Gasteiger partial charge in [-0.2, -0.15) is 4.39 Å². The Morgan fingerprint density at radius 3 is 2.18 bits per heavy atom. The molecule has 1 heterocycles. The molecule has 0 spiro atoms. The van der Waals surface area contributed by atoms with Crippen LogP contribution in [0.1, 0.15) is 26.5 Å². The van der Waals surface area contributed by atoms with E-state index in [1.807, 2.05) is 20.8 Å². The van der Waals surface area contributed by atoms with Crippen LogP contribution in [0.2, 0.25) is 5.22 Å². The predicted molar refractivity (Wildman–Crippen MR) is 40.2 cm³/mol. The van der Waals surface area contributed by atoms with Gasteiger partial charge in [0.2, 0.25) is 5.82 Å². The average molecular weight is 178 g/mol. The van der Waals surface area contributed by atoms with Crippen LogP contribution in [0.4, 0.5) is 4.39 Å². The lowest BCUT2D eigenvalue weighted by Crippen LogP contribution is -2.13. The fourth-order valence-electron chi connectivity index (χ4n) is 0.725.